The van der Waals surface area contributed by atoms with Crippen LogP contribution in [0, 0.1) is 6.92 Å². The molecule has 2 N–H and O–H groups in total. The second-order valence-corrected chi connectivity index (χ2v) is 4.44. The van der Waals surface area contributed by atoms with Gasteiger partial charge in [0.2, 0.25) is 0 Å². The molecule has 4 heteroatoms. The van der Waals surface area contributed by atoms with Crippen molar-refractivity contribution in [3.63, 3.8) is 0 Å². The highest BCUT2D eigenvalue weighted by atomic mass is 16.5. The van der Waals surface area contributed by atoms with E-state index in [9.17, 15) is 0 Å². The lowest BCUT2D eigenvalue weighted by Gasteiger charge is -2.26. The summed E-state index contributed by atoms with van der Waals surface area (Å²) in [5.74, 6) is 1.62. The molecule has 1 aliphatic heterocycles. The Morgan fingerprint density at radius 1 is 1.60 bits per heavy atom. The molecule has 0 bridgehead atoms. The molecule has 1 aromatic rings. The summed E-state index contributed by atoms with van der Waals surface area (Å²) in [5.41, 5.74) is 8.28. The van der Waals surface area contributed by atoms with E-state index in [2.05, 4.69) is 16.5 Å². The van der Waals surface area contributed by atoms with Gasteiger partial charge in [-0.1, -0.05) is 6.92 Å². The van der Waals surface area contributed by atoms with Crippen molar-refractivity contribution in [2.75, 3.05) is 7.11 Å². The first-order valence-corrected chi connectivity index (χ1v) is 5.44. The fraction of sp³-hybridized carbons (Fsp3) is 0.727. The molecule has 0 spiro atoms. The molecule has 2 heterocycles. The minimum atomic E-state index is 0.247. The normalized spacial score (nSPS) is 25.3. The van der Waals surface area contributed by atoms with Gasteiger partial charge in [-0.3, -0.25) is 0 Å². The quantitative estimate of drug-likeness (QED) is 0.795. The second-order valence-electron chi connectivity index (χ2n) is 4.44. The Morgan fingerprint density at radius 2 is 2.33 bits per heavy atom. The molecule has 0 fully saturated rings. The number of nitrogens with zero attached hydrogens (tertiary/aromatic N) is 2. The molecule has 84 valence electrons. The van der Waals surface area contributed by atoms with Gasteiger partial charge in [0.05, 0.1) is 18.0 Å². The summed E-state index contributed by atoms with van der Waals surface area (Å²) >= 11 is 0. The van der Waals surface area contributed by atoms with Crippen molar-refractivity contribution in [2.24, 2.45) is 5.73 Å². The van der Waals surface area contributed by atoms with E-state index in [4.69, 9.17) is 10.5 Å². The zero-order valence-electron chi connectivity index (χ0n) is 9.66. The maximum absolute atomic E-state index is 6.02. The molecule has 0 saturated heterocycles. The zero-order valence-corrected chi connectivity index (χ0v) is 9.66. The number of fused-ring (bicyclic) bond motifs is 1. The van der Waals surface area contributed by atoms with Crippen LogP contribution in [0.5, 0.6) is 0 Å². The van der Waals surface area contributed by atoms with Crippen molar-refractivity contribution in [1.29, 1.82) is 0 Å². The predicted molar refractivity (Wildman–Crippen MR) is 58.7 cm³/mol. The Hall–Kier alpha value is -0.870. The van der Waals surface area contributed by atoms with Crippen molar-refractivity contribution < 1.29 is 4.74 Å². The Labute approximate surface area is 90.4 Å². The van der Waals surface area contributed by atoms with Gasteiger partial charge in [-0.15, -0.1) is 0 Å². The number of ether oxygens (including phenoxy) is 1. The summed E-state index contributed by atoms with van der Waals surface area (Å²) in [4.78, 5) is 4.61. The lowest BCUT2D eigenvalue weighted by molar-refractivity contribution is 0.175. The third kappa shape index (κ3) is 1.79. The molecule has 15 heavy (non-hydrogen) atoms. The van der Waals surface area contributed by atoms with E-state index in [1.807, 2.05) is 6.92 Å². The minimum absolute atomic E-state index is 0.247. The van der Waals surface area contributed by atoms with Crippen molar-refractivity contribution in [2.45, 2.75) is 45.4 Å². The third-order valence-electron chi connectivity index (χ3n) is 3.10. The van der Waals surface area contributed by atoms with E-state index < -0.39 is 0 Å². The Bertz CT molecular complexity index is 359. The summed E-state index contributed by atoms with van der Waals surface area (Å²) < 4.78 is 7.44. The average Bonchev–Trinajstić information content (AvgIpc) is 2.46. The molecule has 0 amide bonds. The molecule has 2 rings (SSSR count). The lowest BCUT2D eigenvalue weighted by Crippen LogP contribution is -2.34. The number of imidazole rings is 1. The van der Waals surface area contributed by atoms with Crippen LogP contribution in [0.2, 0.25) is 0 Å². The number of aromatic nitrogens is 2. The smallest absolute Gasteiger partial charge is 0.112 e. The standard InChI is InChI=1S/C11H19N3O/c1-7-4-9(12)5-14-10(6-15-3)8(2)13-11(7)14/h7,9H,4-6,12H2,1-3H3. The van der Waals surface area contributed by atoms with Crippen molar-refractivity contribution in [3.8, 4) is 0 Å². The number of hydrogen-bond donors (Lipinski definition) is 1. The fourth-order valence-corrected chi connectivity index (χ4v) is 2.40. The van der Waals surface area contributed by atoms with Crippen LogP contribution < -0.4 is 5.73 Å². The molecular formula is C11H19N3O. The zero-order chi connectivity index (χ0) is 11.0. The molecule has 2 atom stereocenters. The first-order chi connectivity index (χ1) is 7.13. The molecule has 0 aliphatic carbocycles. The van der Waals surface area contributed by atoms with Crippen LogP contribution in [0.15, 0.2) is 0 Å². The summed E-state index contributed by atoms with van der Waals surface area (Å²) in [6, 6.07) is 0.247. The maximum atomic E-state index is 6.02. The van der Waals surface area contributed by atoms with E-state index >= 15 is 0 Å². The van der Waals surface area contributed by atoms with Gasteiger partial charge in [0.1, 0.15) is 5.82 Å². The molecular weight excluding hydrogens is 190 g/mol. The first kappa shape index (κ1) is 10.6. The Balaban J connectivity index is 2.41. The first-order valence-electron chi connectivity index (χ1n) is 5.44. The van der Waals surface area contributed by atoms with E-state index in [-0.39, 0.29) is 6.04 Å². The van der Waals surface area contributed by atoms with Crippen LogP contribution in [-0.2, 0) is 17.9 Å². The largest absolute Gasteiger partial charge is 0.378 e. The van der Waals surface area contributed by atoms with Gasteiger partial charge in [0.15, 0.2) is 0 Å². The highest BCUT2D eigenvalue weighted by Gasteiger charge is 2.26. The number of methoxy groups -OCH3 is 1. The minimum Gasteiger partial charge on any atom is -0.378 e. The van der Waals surface area contributed by atoms with Gasteiger partial charge < -0.3 is 15.0 Å². The fourth-order valence-electron chi connectivity index (χ4n) is 2.40. The lowest BCUT2D eigenvalue weighted by atomic mass is 9.98. The molecule has 2 unspecified atom stereocenters. The summed E-state index contributed by atoms with van der Waals surface area (Å²) in [6.07, 6.45) is 1.03. The molecule has 0 aromatic carbocycles. The number of aryl methyl sites for hydroxylation is 1. The number of nitrogens with two attached hydrogens (primary N) is 1. The van der Waals surface area contributed by atoms with Gasteiger partial charge in [-0.25, -0.2) is 4.98 Å². The van der Waals surface area contributed by atoms with Gasteiger partial charge in [0.25, 0.3) is 0 Å². The molecule has 0 radical (unpaired) electrons. The van der Waals surface area contributed by atoms with Crippen LogP contribution in [0.3, 0.4) is 0 Å². The Morgan fingerprint density at radius 3 is 3.00 bits per heavy atom. The summed E-state index contributed by atoms with van der Waals surface area (Å²) in [6.45, 7) is 5.73. The van der Waals surface area contributed by atoms with Crippen LogP contribution >= 0.6 is 0 Å². The van der Waals surface area contributed by atoms with Crippen LogP contribution in [0.25, 0.3) is 0 Å². The Kier molecular flexibility index (Phi) is 2.80. The number of hydrogen-bond acceptors (Lipinski definition) is 3. The van der Waals surface area contributed by atoms with Gasteiger partial charge in [0, 0.05) is 25.6 Å². The van der Waals surface area contributed by atoms with Crippen molar-refractivity contribution >= 4 is 0 Å². The summed E-state index contributed by atoms with van der Waals surface area (Å²) in [5, 5.41) is 0. The van der Waals surface area contributed by atoms with Crippen LogP contribution in [0.4, 0.5) is 0 Å². The average molecular weight is 209 g/mol. The molecule has 1 aromatic heterocycles. The van der Waals surface area contributed by atoms with Crippen molar-refractivity contribution in [1.82, 2.24) is 9.55 Å². The molecule has 1 aliphatic rings. The summed E-state index contributed by atoms with van der Waals surface area (Å²) in [7, 11) is 1.71. The van der Waals surface area contributed by atoms with Crippen LogP contribution in [-0.4, -0.2) is 22.7 Å². The third-order valence-corrected chi connectivity index (χ3v) is 3.10. The second kappa shape index (κ2) is 3.94. The highest BCUT2D eigenvalue weighted by molar-refractivity contribution is 5.19. The van der Waals surface area contributed by atoms with Gasteiger partial charge in [-0.05, 0) is 13.3 Å². The molecule has 4 nitrogen and oxygen atoms in total. The van der Waals surface area contributed by atoms with Crippen molar-refractivity contribution in [3.05, 3.63) is 17.2 Å². The highest BCUT2D eigenvalue weighted by Crippen LogP contribution is 2.28. The van der Waals surface area contributed by atoms with E-state index in [1.165, 1.54) is 11.5 Å². The van der Waals surface area contributed by atoms with E-state index in [0.717, 1.165) is 18.7 Å². The van der Waals surface area contributed by atoms with E-state index in [1.54, 1.807) is 7.11 Å². The monoisotopic (exact) mass is 209 g/mol. The predicted octanol–water partition coefficient (Wildman–Crippen LogP) is 1.17. The van der Waals surface area contributed by atoms with Gasteiger partial charge >= 0.3 is 0 Å². The SMILES string of the molecule is COCc1c(C)nc2n1CC(N)CC2C. The van der Waals surface area contributed by atoms with Gasteiger partial charge in [-0.2, -0.15) is 0 Å². The van der Waals surface area contributed by atoms with E-state index in [0.29, 0.717) is 12.5 Å². The number of rotatable bonds is 2. The van der Waals surface area contributed by atoms with Crippen LogP contribution in [0.1, 0.15) is 36.5 Å². The topological polar surface area (TPSA) is 53.1 Å². The maximum Gasteiger partial charge on any atom is 0.112 e. The molecule has 0 saturated carbocycles.